The van der Waals surface area contributed by atoms with Crippen molar-refractivity contribution in [2.24, 2.45) is 0 Å². The Morgan fingerprint density at radius 1 is 1.32 bits per heavy atom. The van der Waals surface area contributed by atoms with Crippen molar-refractivity contribution in [2.75, 3.05) is 6.54 Å². The van der Waals surface area contributed by atoms with Crippen LogP contribution in [0.5, 0.6) is 5.75 Å². The highest BCUT2D eigenvalue weighted by Crippen LogP contribution is 2.34. The smallest absolute Gasteiger partial charge is 0.465 e. The van der Waals surface area contributed by atoms with Crippen LogP contribution in [-0.4, -0.2) is 38.6 Å². The fraction of sp³-hybridized carbons (Fsp3) is 0.444. The van der Waals surface area contributed by atoms with Gasteiger partial charge in [0.25, 0.3) is 0 Å². The lowest BCUT2D eigenvalue weighted by Gasteiger charge is -2.35. The first-order chi connectivity index (χ1) is 13.2. The third-order valence-corrected chi connectivity index (χ3v) is 5.52. The van der Waals surface area contributed by atoms with Crippen LogP contribution in [0.15, 0.2) is 24.3 Å². The zero-order chi connectivity index (χ0) is 20.5. The Hall–Kier alpha value is -1.98. The summed E-state index contributed by atoms with van der Waals surface area (Å²) < 4.78 is 43.6. The molecule has 1 N–H and O–H groups in total. The summed E-state index contributed by atoms with van der Waals surface area (Å²) in [5.74, 6) is 0.657. The molecule has 1 amide bonds. The maximum absolute atomic E-state index is 12.3. The van der Waals surface area contributed by atoms with Crippen molar-refractivity contribution in [1.82, 2.24) is 14.5 Å². The maximum Gasteiger partial charge on any atom is 0.573 e. The predicted octanol–water partition coefficient (Wildman–Crippen LogP) is 4.62. The molecule has 0 saturated carbocycles. The number of carboxylic acid groups (broad SMARTS) is 1. The van der Waals surface area contributed by atoms with Gasteiger partial charge in [0.15, 0.2) is 0 Å². The third-order valence-electron chi connectivity index (χ3n) is 4.72. The molecule has 2 heterocycles. The number of halogens is 4. The Kier molecular flexibility index (Phi) is 6.06. The lowest BCUT2D eigenvalue weighted by atomic mass is 10.0. The van der Waals surface area contributed by atoms with Gasteiger partial charge in [-0.05, 0) is 53.1 Å². The number of aromatic nitrogens is 2. The van der Waals surface area contributed by atoms with E-state index in [0.717, 1.165) is 27.2 Å². The van der Waals surface area contributed by atoms with Crippen LogP contribution >= 0.6 is 22.6 Å². The van der Waals surface area contributed by atoms with Gasteiger partial charge in [0.05, 0.1) is 11.7 Å². The van der Waals surface area contributed by atoms with E-state index in [9.17, 15) is 23.1 Å². The molecule has 2 aromatic rings. The fourth-order valence-electron chi connectivity index (χ4n) is 3.51. The van der Waals surface area contributed by atoms with Crippen LogP contribution in [-0.2, 0) is 19.4 Å². The summed E-state index contributed by atoms with van der Waals surface area (Å²) >= 11 is 2.13. The molecule has 0 saturated heterocycles. The Balaban J connectivity index is 1.78. The maximum atomic E-state index is 12.3. The summed E-state index contributed by atoms with van der Waals surface area (Å²) in [6.07, 6.45) is -3.92. The number of alkyl halides is 3. The summed E-state index contributed by atoms with van der Waals surface area (Å²) in [7, 11) is 0. The fourth-order valence-corrected chi connectivity index (χ4v) is 4.44. The van der Waals surface area contributed by atoms with E-state index in [2.05, 4.69) is 36.9 Å². The topological polar surface area (TPSA) is 67.6 Å². The van der Waals surface area contributed by atoms with Crippen LogP contribution in [0.25, 0.3) is 0 Å². The lowest BCUT2D eigenvalue weighted by Crippen LogP contribution is -2.42. The first-order valence-corrected chi connectivity index (χ1v) is 9.86. The molecule has 0 fully saturated rings. The number of rotatable bonds is 5. The summed E-state index contributed by atoms with van der Waals surface area (Å²) in [6, 6.07) is 5.31. The van der Waals surface area contributed by atoms with E-state index in [1.807, 2.05) is 6.92 Å². The standard InChI is InChI=1S/C18H19F3IN3O3/c1-2-14-23-16(22)15-13(24(17(26)27)9-10-25(14)15)8-5-11-3-6-12(7-4-11)28-18(19,20)21/h3-4,6-7,13H,2,5,8-10H2,1H3,(H,26,27). The van der Waals surface area contributed by atoms with Gasteiger partial charge in [-0.1, -0.05) is 19.1 Å². The Labute approximate surface area is 173 Å². The zero-order valence-corrected chi connectivity index (χ0v) is 17.2. The van der Waals surface area contributed by atoms with E-state index in [1.165, 1.54) is 17.0 Å². The average Bonchev–Trinajstić information content (AvgIpc) is 2.95. The molecule has 1 unspecified atom stereocenters. The second kappa shape index (κ2) is 8.18. The van der Waals surface area contributed by atoms with E-state index >= 15 is 0 Å². The number of fused-ring (bicyclic) bond motifs is 1. The highest BCUT2D eigenvalue weighted by molar-refractivity contribution is 14.1. The Morgan fingerprint density at radius 2 is 2.00 bits per heavy atom. The molecule has 1 aromatic heterocycles. The average molecular weight is 509 g/mol. The highest BCUT2D eigenvalue weighted by atomic mass is 127. The number of hydrogen-bond donors (Lipinski definition) is 1. The molecule has 0 bridgehead atoms. The van der Waals surface area contributed by atoms with Crippen LogP contribution in [0.4, 0.5) is 18.0 Å². The van der Waals surface area contributed by atoms with Gasteiger partial charge in [0, 0.05) is 19.5 Å². The third kappa shape index (κ3) is 4.53. The second-order valence-electron chi connectivity index (χ2n) is 6.43. The Morgan fingerprint density at radius 3 is 2.57 bits per heavy atom. The number of aryl methyl sites for hydroxylation is 2. The van der Waals surface area contributed by atoms with Crippen LogP contribution in [0, 0.1) is 3.70 Å². The van der Waals surface area contributed by atoms with E-state index in [1.54, 1.807) is 12.1 Å². The molecule has 0 aliphatic carbocycles. The SMILES string of the molecule is CCc1nc(I)c2n1CCN(C(=O)O)C2CCc1ccc(OC(F)(F)F)cc1. The van der Waals surface area contributed by atoms with E-state index in [4.69, 9.17) is 0 Å². The van der Waals surface area contributed by atoms with Gasteiger partial charge in [-0.2, -0.15) is 0 Å². The minimum atomic E-state index is -4.72. The van der Waals surface area contributed by atoms with Crippen molar-refractivity contribution in [1.29, 1.82) is 0 Å². The molecular weight excluding hydrogens is 490 g/mol. The lowest BCUT2D eigenvalue weighted by molar-refractivity contribution is -0.274. The number of carbonyl (C=O) groups is 1. The van der Waals surface area contributed by atoms with E-state index in [-0.39, 0.29) is 11.8 Å². The van der Waals surface area contributed by atoms with Crippen LogP contribution in [0.3, 0.4) is 0 Å². The van der Waals surface area contributed by atoms with Crippen LogP contribution in [0.2, 0.25) is 0 Å². The number of hydrogen-bond acceptors (Lipinski definition) is 3. The normalized spacial score (nSPS) is 16.8. The molecule has 0 radical (unpaired) electrons. The van der Waals surface area contributed by atoms with Crippen molar-refractivity contribution < 1.29 is 27.8 Å². The predicted molar refractivity (Wildman–Crippen MR) is 103 cm³/mol. The van der Waals surface area contributed by atoms with Crippen molar-refractivity contribution in [3.8, 4) is 5.75 Å². The van der Waals surface area contributed by atoms with Gasteiger partial charge in [0.1, 0.15) is 15.3 Å². The number of ether oxygens (including phenoxy) is 1. The second-order valence-corrected chi connectivity index (χ2v) is 7.45. The molecule has 0 spiro atoms. The molecule has 1 aliphatic rings. The minimum absolute atomic E-state index is 0.277. The van der Waals surface area contributed by atoms with Crippen molar-refractivity contribution in [3.63, 3.8) is 0 Å². The largest absolute Gasteiger partial charge is 0.573 e. The number of imidazole rings is 1. The number of nitrogens with zero attached hydrogens (tertiary/aromatic N) is 3. The molecule has 10 heteroatoms. The molecule has 1 aliphatic heterocycles. The van der Waals surface area contributed by atoms with Gasteiger partial charge in [-0.3, -0.25) is 4.90 Å². The first kappa shape index (κ1) is 20.7. The highest BCUT2D eigenvalue weighted by Gasteiger charge is 2.34. The molecule has 152 valence electrons. The summed E-state index contributed by atoms with van der Waals surface area (Å²) in [6.45, 7) is 2.96. The molecule has 1 aromatic carbocycles. The van der Waals surface area contributed by atoms with Gasteiger partial charge in [-0.25, -0.2) is 9.78 Å². The number of amides is 1. The number of benzene rings is 1. The van der Waals surface area contributed by atoms with E-state index < -0.39 is 12.5 Å². The van der Waals surface area contributed by atoms with Crippen LogP contribution < -0.4 is 4.74 Å². The van der Waals surface area contributed by atoms with Crippen molar-refractivity contribution in [2.45, 2.75) is 45.1 Å². The van der Waals surface area contributed by atoms with Gasteiger partial charge in [-0.15, -0.1) is 13.2 Å². The zero-order valence-electron chi connectivity index (χ0n) is 15.0. The monoisotopic (exact) mass is 509 g/mol. The molecule has 28 heavy (non-hydrogen) atoms. The molecule has 1 atom stereocenters. The van der Waals surface area contributed by atoms with Crippen LogP contribution in [0.1, 0.15) is 36.5 Å². The summed E-state index contributed by atoms with van der Waals surface area (Å²) in [5.41, 5.74) is 1.70. The van der Waals surface area contributed by atoms with Crippen molar-refractivity contribution >= 4 is 28.7 Å². The summed E-state index contributed by atoms with van der Waals surface area (Å²) in [4.78, 5) is 17.7. The summed E-state index contributed by atoms with van der Waals surface area (Å²) in [5, 5.41) is 9.60. The van der Waals surface area contributed by atoms with Crippen molar-refractivity contribution in [3.05, 3.63) is 45.0 Å². The Bertz CT molecular complexity index is 852. The van der Waals surface area contributed by atoms with Gasteiger partial charge >= 0.3 is 12.5 Å². The van der Waals surface area contributed by atoms with Gasteiger partial charge in [0.2, 0.25) is 0 Å². The quantitative estimate of drug-likeness (QED) is 0.598. The molecule has 3 rings (SSSR count). The molecule has 6 nitrogen and oxygen atoms in total. The first-order valence-electron chi connectivity index (χ1n) is 8.78. The van der Waals surface area contributed by atoms with E-state index in [0.29, 0.717) is 25.9 Å². The van der Waals surface area contributed by atoms with Gasteiger partial charge < -0.3 is 14.4 Å². The minimum Gasteiger partial charge on any atom is -0.465 e. The molecular formula is C18H19F3IN3O3.